The van der Waals surface area contributed by atoms with E-state index in [2.05, 4.69) is 40.8 Å². The largest absolute Gasteiger partial charge is 0.411 e. The van der Waals surface area contributed by atoms with Gasteiger partial charge in [-0.25, -0.2) is 0 Å². The number of aldehydes is 1. The summed E-state index contributed by atoms with van der Waals surface area (Å²) in [5.74, 6) is 0.278. The minimum Gasteiger partial charge on any atom is -0.411 e. The number of carbonyl (C=O) groups is 1. The Morgan fingerprint density at radius 3 is 2.00 bits per heavy atom. The Kier molecular flexibility index (Phi) is 4.85. The average Bonchev–Trinajstić information content (AvgIpc) is 1.96. The normalized spacial score (nSPS) is 17.2. The van der Waals surface area contributed by atoms with Gasteiger partial charge in [0.1, 0.15) is 12.4 Å². The predicted octanol–water partition coefficient (Wildman–Crippen LogP) is 2.24. The van der Waals surface area contributed by atoms with Crippen LogP contribution in [-0.4, -0.2) is 21.4 Å². The Bertz CT molecular complexity index is 161. The lowest BCUT2D eigenvalue weighted by atomic mass is 9.79. The molecule has 2 unspecified atom stereocenters. The lowest BCUT2D eigenvalue weighted by Gasteiger charge is -2.32. The number of carbonyl (C=O) groups excluding carboxylic acids is 1. The third-order valence-electron chi connectivity index (χ3n) is 2.42. The topological polar surface area (TPSA) is 26.3 Å². The molecule has 0 aromatic heterocycles. The lowest BCUT2D eigenvalue weighted by molar-refractivity contribution is -0.117. The maximum Gasteiger partial charge on any atom is 0.171 e. The fourth-order valence-electron chi connectivity index (χ4n) is 1.07. The van der Waals surface area contributed by atoms with Crippen LogP contribution in [0.4, 0.5) is 0 Å². The summed E-state index contributed by atoms with van der Waals surface area (Å²) in [7, 11) is -1.11. The maximum atomic E-state index is 10.8. The van der Waals surface area contributed by atoms with Gasteiger partial charge in [-0.1, -0.05) is 27.7 Å². The third kappa shape index (κ3) is 4.57. The quantitative estimate of drug-likeness (QED) is 0.516. The molecule has 0 saturated carbocycles. The first-order valence-corrected chi connectivity index (χ1v) is 7.68. The van der Waals surface area contributed by atoms with Crippen molar-refractivity contribution in [1.82, 2.24) is 0 Å². The minimum absolute atomic E-state index is 0.134. The van der Waals surface area contributed by atoms with Gasteiger partial charge in [-0.2, -0.15) is 0 Å². The van der Waals surface area contributed by atoms with Crippen LogP contribution in [-0.2, 0) is 9.22 Å². The summed E-state index contributed by atoms with van der Waals surface area (Å²) in [6.07, 6.45) is 0.731. The highest BCUT2D eigenvalue weighted by Crippen LogP contribution is 2.29. The van der Waals surface area contributed by atoms with Gasteiger partial charge in [-0.3, -0.25) is 0 Å². The molecule has 0 aliphatic carbocycles. The van der Waals surface area contributed by atoms with Gasteiger partial charge >= 0.3 is 0 Å². The van der Waals surface area contributed by atoms with Crippen LogP contribution in [0.2, 0.25) is 13.1 Å². The molecular weight excluding hydrogens is 180 g/mol. The first-order valence-electron chi connectivity index (χ1n) is 4.89. The monoisotopic (exact) mass is 202 g/mol. The molecule has 0 fully saturated rings. The van der Waals surface area contributed by atoms with Gasteiger partial charge in [0.25, 0.3) is 0 Å². The van der Waals surface area contributed by atoms with E-state index in [4.69, 9.17) is 4.43 Å². The zero-order valence-corrected chi connectivity index (χ0v) is 10.8. The van der Waals surface area contributed by atoms with E-state index >= 15 is 0 Å². The number of rotatable bonds is 4. The molecule has 78 valence electrons. The van der Waals surface area contributed by atoms with Crippen LogP contribution in [0.25, 0.3) is 0 Å². The summed E-state index contributed by atoms with van der Waals surface area (Å²) in [6, 6.07) is 0. The fraction of sp³-hybridized carbons (Fsp3) is 0.900. The van der Waals surface area contributed by atoms with E-state index in [1.165, 1.54) is 0 Å². The molecule has 0 amide bonds. The molecule has 0 aromatic carbocycles. The van der Waals surface area contributed by atoms with Crippen LogP contribution in [0.15, 0.2) is 0 Å². The van der Waals surface area contributed by atoms with Crippen molar-refractivity contribution < 1.29 is 9.22 Å². The minimum atomic E-state index is -1.11. The third-order valence-corrected chi connectivity index (χ3v) is 3.28. The van der Waals surface area contributed by atoms with Crippen molar-refractivity contribution in [3.63, 3.8) is 0 Å². The van der Waals surface area contributed by atoms with E-state index in [1.807, 2.05) is 0 Å². The molecule has 2 nitrogen and oxygen atoms in total. The van der Waals surface area contributed by atoms with E-state index in [-0.39, 0.29) is 17.4 Å². The molecule has 0 aliphatic heterocycles. The Hall–Kier alpha value is -0.153. The molecule has 3 heteroatoms. The highest BCUT2D eigenvalue weighted by atomic mass is 28.3. The van der Waals surface area contributed by atoms with Gasteiger partial charge in [0.2, 0.25) is 0 Å². The van der Waals surface area contributed by atoms with Crippen molar-refractivity contribution in [2.24, 2.45) is 11.3 Å². The molecule has 0 aliphatic rings. The summed E-state index contributed by atoms with van der Waals surface area (Å²) >= 11 is 0. The lowest BCUT2D eigenvalue weighted by Crippen LogP contribution is -2.35. The van der Waals surface area contributed by atoms with Gasteiger partial charge < -0.3 is 9.22 Å². The number of hydrogen-bond acceptors (Lipinski definition) is 2. The molecule has 0 rings (SSSR count). The van der Waals surface area contributed by atoms with Crippen molar-refractivity contribution in [2.75, 3.05) is 0 Å². The van der Waals surface area contributed by atoms with E-state index in [0.29, 0.717) is 0 Å². The van der Waals surface area contributed by atoms with Crippen LogP contribution in [0.3, 0.4) is 0 Å². The standard InChI is InChI=1S/C10H22O2Si/c1-8(10(2,3)4)9(7-11)12-13(5)6/h7-9,13H,1-6H3. The highest BCUT2D eigenvalue weighted by Gasteiger charge is 2.28. The SMILES string of the molecule is CC(C(C=O)O[SiH](C)C)C(C)(C)C. The van der Waals surface area contributed by atoms with E-state index in [0.717, 1.165) is 6.29 Å². The smallest absolute Gasteiger partial charge is 0.171 e. The van der Waals surface area contributed by atoms with Crippen LogP contribution >= 0.6 is 0 Å². The van der Waals surface area contributed by atoms with E-state index in [9.17, 15) is 4.79 Å². The molecule has 0 aromatic rings. The molecule has 0 radical (unpaired) electrons. The first-order chi connectivity index (χ1) is 5.79. The second kappa shape index (κ2) is 4.91. The first kappa shape index (κ1) is 12.8. The Morgan fingerprint density at radius 1 is 1.31 bits per heavy atom. The average molecular weight is 202 g/mol. The van der Waals surface area contributed by atoms with Crippen LogP contribution in [0.5, 0.6) is 0 Å². The molecule has 0 N–H and O–H groups in total. The van der Waals surface area contributed by atoms with Crippen LogP contribution < -0.4 is 0 Å². The Labute approximate surface area is 83.4 Å². The van der Waals surface area contributed by atoms with Crippen molar-refractivity contribution in [2.45, 2.75) is 46.9 Å². The van der Waals surface area contributed by atoms with Crippen LogP contribution in [0.1, 0.15) is 27.7 Å². The van der Waals surface area contributed by atoms with Crippen LogP contribution in [0, 0.1) is 11.3 Å². The second-order valence-electron chi connectivity index (χ2n) is 4.94. The van der Waals surface area contributed by atoms with Gasteiger partial charge in [0, 0.05) is 0 Å². The van der Waals surface area contributed by atoms with Crippen molar-refractivity contribution in [1.29, 1.82) is 0 Å². The second-order valence-corrected chi connectivity index (χ2v) is 7.31. The zero-order valence-electron chi connectivity index (χ0n) is 9.63. The molecule has 2 atom stereocenters. The van der Waals surface area contributed by atoms with Crippen molar-refractivity contribution in [3.05, 3.63) is 0 Å². The van der Waals surface area contributed by atoms with Crippen molar-refractivity contribution >= 4 is 15.3 Å². The fourth-order valence-corrected chi connectivity index (χ4v) is 2.00. The summed E-state index contributed by atoms with van der Waals surface area (Å²) in [5, 5.41) is 0. The summed E-state index contributed by atoms with van der Waals surface area (Å²) in [4.78, 5) is 10.8. The predicted molar refractivity (Wildman–Crippen MR) is 58.4 cm³/mol. The highest BCUT2D eigenvalue weighted by molar-refractivity contribution is 6.48. The zero-order chi connectivity index (χ0) is 10.6. The van der Waals surface area contributed by atoms with E-state index in [1.54, 1.807) is 0 Å². The van der Waals surface area contributed by atoms with Gasteiger partial charge in [0.05, 0.1) is 0 Å². The molecule has 0 bridgehead atoms. The van der Waals surface area contributed by atoms with E-state index < -0.39 is 9.04 Å². The molecule has 0 heterocycles. The number of hydrogen-bond donors (Lipinski definition) is 0. The Balaban J connectivity index is 4.32. The molecular formula is C10H22O2Si. The summed E-state index contributed by atoms with van der Waals surface area (Å²) in [6.45, 7) is 12.7. The summed E-state index contributed by atoms with van der Waals surface area (Å²) in [5.41, 5.74) is 0.134. The molecule has 13 heavy (non-hydrogen) atoms. The van der Waals surface area contributed by atoms with Gasteiger partial charge in [-0.15, -0.1) is 0 Å². The van der Waals surface area contributed by atoms with Crippen molar-refractivity contribution in [3.8, 4) is 0 Å². The maximum absolute atomic E-state index is 10.8. The summed E-state index contributed by atoms with van der Waals surface area (Å²) < 4.78 is 5.66. The van der Waals surface area contributed by atoms with Gasteiger partial charge in [-0.05, 0) is 24.4 Å². The molecule has 0 saturated heterocycles. The molecule has 0 spiro atoms. The Morgan fingerprint density at radius 2 is 1.77 bits per heavy atom. The van der Waals surface area contributed by atoms with Gasteiger partial charge in [0.15, 0.2) is 9.04 Å².